The monoisotopic (exact) mass is 483 g/mol. The Hall–Kier alpha value is -3.94. The number of nitrogens with one attached hydrogen (secondary N) is 3. The van der Waals surface area contributed by atoms with Crippen molar-refractivity contribution in [2.45, 2.75) is 6.42 Å². The molecule has 0 spiro atoms. The van der Waals surface area contributed by atoms with Crippen LogP contribution in [0, 0.1) is 0 Å². The van der Waals surface area contributed by atoms with Crippen molar-refractivity contribution >= 4 is 68.4 Å². The second-order valence-electron chi connectivity index (χ2n) is 7.49. The van der Waals surface area contributed by atoms with Gasteiger partial charge in [0.2, 0.25) is 0 Å². The molecule has 168 valence electrons. The molecule has 3 N–H and O–H groups in total. The molecule has 0 bridgehead atoms. The van der Waals surface area contributed by atoms with E-state index in [0.29, 0.717) is 16.1 Å². The summed E-state index contributed by atoms with van der Waals surface area (Å²) in [5.41, 5.74) is 2.67. The first-order chi connectivity index (χ1) is 16.5. The minimum atomic E-state index is -0.283. The van der Waals surface area contributed by atoms with Crippen LogP contribution in [0.3, 0.4) is 0 Å². The topological polar surface area (TPSA) is 70.2 Å². The number of carbonyl (C=O) groups excluding carboxylic acids is 2. The number of thiocarbonyl (C=S) groups is 2. The normalized spacial score (nSPS) is 10.4. The molecule has 0 aliphatic carbocycles. The number of fused-ring (bicyclic) bond motifs is 1. The van der Waals surface area contributed by atoms with Crippen LogP contribution >= 0.6 is 24.4 Å². The molecular formula is C27H21N3O2S2. The largest absolute Gasteiger partial charge is 0.349 e. The van der Waals surface area contributed by atoms with Crippen molar-refractivity contribution in [2.24, 2.45) is 0 Å². The quantitative estimate of drug-likeness (QED) is 0.232. The molecule has 1 amide bonds. The van der Waals surface area contributed by atoms with E-state index in [4.69, 9.17) is 24.4 Å². The molecule has 0 fully saturated rings. The highest BCUT2D eigenvalue weighted by Gasteiger charge is 2.12. The number of rotatable bonds is 6. The lowest BCUT2D eigenvalue weighted by Gasteiger charge is -2.15. The summed E-state index contributed by atoms with van der Waals surface area (Å²) in [6.45, 7) is 0. The summed E-state index contributed by atoms with van der Waals surface area (Å²) in [5, 5.41) is 11.0. The van der Waals surface area contributed by atoms with Gasteiger partial charge in [0.1, 0.15) is 0 Å². The van der Waals surface area contributed by atoms with Gasteiger partial charge in [-0.05, 0) is 36.5 Å². The molecule has 0 aromatic heterocycles. The van der Waals surface area contributed by atoms with Crippen LogP contribution in [-0.2, 0) is 0 Å². The van der Waals surface area contributed by atoms with E-state index in [1.165, 1.54) is 0 Å². The molecule has 4 aromatic rings. The molecule has 0 saturated carbocycles. The van der Waals surface area contributed by atoms with Crippen LogP contribution in [-0.4, -0.2) is 21.8 Å². The third-order valence-electron chi connectivity index (χ3n) is 5.12. The highest BCUT2D eigenvalue weighted by molar-refractivity contribution is 7.80. The van der Waals surface area contributed by atoms with Crippen LogP contribution in [0.15, 0.2) is 97.1 Å². The predicted molar refractivity (Wildman–Crippen MR) is 146 cm³/mol. The number of anilines is 2. The summed E-state index contributed by atoms with van der Waals surface area (Å²) in [5.74, 6) is -0.325. The fraction of sp³-hybridized carbons (Fsp3) is 0.0370. The van der Waals surface area contributed by atoms with E-state index < -0.39 is 0 Å². The van der Waals surface area contributed by atoms with Crippen molar-refractivity contribution in [1.82, 2.24) is 5.32 Å². The number of benzene rings is 4. The lowest BCUT2D eigenvalue weighted by molar-refractivity contribution is 0.0975. The maximum absolute atomic E-state index is 12.5. The van der Waals surface area contributed by atoms with E-state index in [2.05, 4.69) is 16.0 Å². The Morgan fingerprint density at radius 1 is 0.618 bits per heavy atom. The maximum Gasteiger partial charge on any atom is 0.257 e. The van der Waals surface area contributed by atoms with Crippen LogP contribution in [0.5, 0.6) is 0 Å². The third kappa shape index (κ3) is 5.70. The molecule has 4 aromatic carbocycles. The van der Waals surface area contributed by atoms with Gasteiger partial charge >= 0.3 is 0 Å². The highest BCUT2D eigenvalue weighted by Crippen LogP contribution is 2.29. The van der Waals surface area contributed by atoms with Gasteiger partial charge < -0.3 is 10.6 Å². The van der Waals surface area contributed by atoms with E-state index in [1.54, 1.807) is 36.4 Å². The molecular weight excluding hydrogens is 462 g/mol. The van der Waals surface area contributed by atoms with E-state index in [0.717, 1.165) is 22.1 Å². The Balaban J connectivity index is 1.47. The zero-order chi connectivity index (χ0) is 23.9. The lowest BCUT2D eigenvalue weighted by Crippen LogP contribution is -2.34. The zero-order valence-corrected chi connectivity index (χ0v) is 19.7. The fourth-order valence-electron chi connectivity index (χ4n) is 3.51. The number of hydrogen-bond acceptors (Lipinski definition) is 4. The van der Waals surface area contributed by atoms with Crippen LogP contribution in [0.25, 0.3) is 10.8 Å². The average Bonchev–Trinajstić information content (AvgIpc) is 2.85. The van der Waals surface area contributed by atoms with Gasteiger partial charge in [-0.2, -0.15) is 0 Å². The van der Waals surface area contributed by atoms with Gasteiger partial charge in [0.15, 0.2) is 10.9 Å². The summed E-state index contributed by atoms with van der Waals surface area (Å²) < 4.78 is 0. The fourth-order valence-corrected chi connectivity index (χ4v) is 3.96. The SMILES string of the molecule is O=C(CC(=S)Nc1cccc2c(NC(=S)NC(=O)c3ccccc3)cccc12)c1ccccc1. The number of ketones is 1. The van der Waals surface area contributed by atoms with E-state index in [9.17, 15) is 9.59 Å². The van der Waals surface area contributed by atoms with Crippen molar-refractivity contribution in [1.29, 1.82) is 0 Å². The Labute approximate surface area is 208 Å². The van der Waals surface area contributed by atoms with Crippen molar-refractivity contribution in [3.05, 3.63) is 108 Å². The second-order valence-corrected chi connectivity index (χ2v) is 8.40. The van der Waals surface area contributed by atoms with Crippen LogP contribution in [0.4, 0.5) is 11.4 Å². The van der Waals surface area contributed by atoms with E-state index >= 15 is 0 Å². The molecule has 0 atom stereocenters. The van der Waals surface area contributed by atoms with Gasteiger partial charge in [-0.25, -0.2) is 0 Å². The summed E-state index contributed by atoms with van der Waals surface area (Å²) in [7, 11) is 0. The first-order valence-corrected chi connectivity index (χ1v) is 11.4. The number of amides is 1. The maximum atomic E-state index is 12.5. The first kappa shape index (κ1) is 23.2. The van der Waals surface area contributed by atoms with Crippen LogP contribution < -0.4 is 16.0 Å². The number of carbonyl (C=O) groups is 2. The zero-order valence-electron chi connectivity index (χ0n) is 18.1. The van der Waals surface area contributed by atoms with E-state index in [-0.39, 0.29) is 23.2 Å². The molecule has 0 aliphatic rings. The molecule has 0 radical (unpaired) electrons. The summed E-state index contributed by atoms with van der Waals surface area (Å²) in [6, 6.07) is 29.4. The Morgan fingerprint density at radius 2 is 1.15 bits per heavy atom. The van der Waals surface area contributed by atoms with Gasteiger partial charge in [-0.15, -0.1) is 0 Å². The molecule has 5 nitrogen and oxygen atoms in total. The molecule has 34 heavy (non-hydrogen) atoms. The average molecular weight is 484 g/mol. The first-order valence-electron chi connectivity index (χ1n) is 10.6. The molecule has 7 heteroatoms. The molecule has 0 heterocycles. The lowest BCUT2D eigenvalue weighted by atomic mass is 10.1. The van der Waals surface area contributed by atoms with Crippen LogP contribution in [0.2, 0.25) is 0 Å². The van der Waals surface area contributed by atoms with Gasteiger partial charge in [-0.3, -0.25) is 14.9 Å². The standard InChI is InChI=1S/C27H21N3O2S2/c31-24(18-9-3-1-4-10-18)17-25(33)28-22-15-7-14-21-20(22)13-8-16-23(21)29-27(34)30-26(32)19-11-5-2-6-12-19/h1-16H,17H2,(H,28,33)(H2,29,30,32,34). The summed E-state index contributed by atoms with van der Waals surface area (Å²) in [6.07, 6.45) is 0.114. The Bertz CT molecular complexity index is 1270. The van der Waals surface area contributed by atoms with Gasteiger partial charge in [0.25, 0.3) is 5.91 Å². The smallest absolute Gasteiger partial charge is 0.257 e. The number of Topliss-reactive ketones (excluding diaryl/α,β-unsaturated/α-hetero) is 1. The summed E-state index contributed by atoms with van der Waals surface area (Å²) in [4.78, 5) is 25.3. The summed E-state index contributed by atoms with van der Waals surface area (Å²) >= 11 is 10.8. The molecule has 4 rings (SSSR count). The van der Waals surface area contributed by atoms with Gasteiger partial charge in [0, 0.05) is 33.3 Å². The Kier molecular flexibility index (Phi) is 7.37. The minimum absolute atomic E-state index is 0.0415. The highest BCUT2D eigenvalue weighted by atomic mass is 32.1. The van der Waals surface area contributed by atoms with Gasteiger partial charge in [0.05, 0.1) is 11.4 Å². The Morgan fingerprint density at radius 3 is 1.74 bits per heavy atom. The molecule has 0 saturated heterocycles. The number of hydrogen-bond donors (Lipinski definition) is 3. The predicted octanol–water partition coefficient (Wildman–Crippen LogP) is 5.98. The minimum Gasteiger partial charge on any atom is -0.349 e. The van der Waals surface area contributed by atoms with Crippen molar-refractivity contribution in [2.75, 3.05) is 10.6 Å². The molecule has 0 unspecified atom stereocenters. The van der Waals surface area contributed by atoms with Crippen LogP contribution in [0.1, 0.15) is 27.1 Å². The second kappa shape index (κ2) is 10.8. The van der Waals surface area contributed by atoms with Crippen molar-refractivity contribution in [3.8, 4) is 0 Å². The third-order valence-corrected chi connectivity index (χ3v) is 5.57. The molecule has 0 aliphatic heterocycles. The van der Waals surface area contributed by atoms with Gasteiger partial charge in [-0.1, -0.05) is 85.0 Å². The van der Waals surface area contributed by atoms with E-state index in [1.807, 2.05) is 60.7 Å². The van der Waals surface area contributed by atoms with Crippen molar-refractivity contribution < 1.29 is 9.59 Å². The van der Waals surface area contributed by atoms with Crippen molar-refractivity contribution in [3.63, 3.8) is 0 Å².